The summed E-state index contributed by atoms with van der Waals surface area (Å²) in [5.74, 6) is 0.167. The van der Waals surface area contributed by atoms with Gasteiger partial charge in [0.05, 0.1) is 11.1 Å². The second-order valence-corrected chi connectivity index (χ2v) is 10.6. The van der Waals surface area contributed by atoms with Gasteiger partial charge in [-0.25, -0.2) is 0 Å². The highest BCUT2D eigenvalue weighted by molar-refractivity contribution is 7.79. The Morgan fingerprint density at radius 1 is 1.05 bits per heavy atom. The van der Waals surface area contributed by atoms with Crippen LogP contribution in [0.15, 0.2) is 42.5 Å². The Balaban J connectivity index is 1.37. The zero-order valence-electron chi connectivity index (χ0n) is 21.0. The summed E-state index contributed by atoms with van der Waals surface area (Å²) in [7, 11) is 0. The molecule has 2 saturated heterocycles. The maximum absolute atomic E-state index is 13.4. The minimum Gasteiger partial charge on any atom is -0.382 e. The van der Waals surface area contributed by atoms with Gasteiger partial charge in [-0.2, -0.15) is 13.2 Å². The van der Waals surface area contributed by atoms with Gasteiger partial charge in [0.15, 0.2) is 0 Å². The largest absolute Gasteiger partial charge is 0.423 e. The van der Waals surface area contributed by atoms with Crippen LogP contribution in [-0.2, 0) is 6.18 Å². The Bertz CT molecular complexity index is 1120. The molecule has 0 spiro atoms. The van der Waals surface area contributed by atoms with Crippen LogP contribution in [0.5, 0.6) is 0 Å². The highest BCUT2D eigenvalue weighted by atomic mass is 35.5. The lowest BCUT2D eigenvalue weighted by Gasteiger charge is -2.48. The highest BCUT2D eigenvalue weighted by Crippen LogP contribution is 2.38. The van der Waals surface area contributed by atoms with Crippen LogP contribution in [-0.4, -0.2) is 71.6 Å². The summed E-state index contributed by atoms with van der Waals surface area (Å²) in [5, 5.41) is 16.7. The molecule has 2 aromatic rings. The number of nitrogens with one attached hydrogen (secondary N) is 1. The molecule has 38 heavy (non-hydrogen) atoms. The van der Waals surface area contributed by atoms with Crippen molar-refractivity contribution in [3.05, 3.63) is 63.2 Å². The fraction of sp³-hybridized carbons (Fsp3) is 0.500. The van der Waals surface area contributed by atoms with Gasteiger partial charge in [0.2, 0.25) is 0 Å². The quantitative estimate of drug-likeness (QED) is 0.240. The fourth-order valence-corrected chi connectivity index (χ4v) is 5.69. The first-order valence-corrected chi connectivity index (χ1v) is 13.5. The molecular formula is C26H31ClF3N5O2S. The average molecular weight is 570 g/mol. The number of piperazine rings is 1. The third-order valence-corrected chi connectivity index (χ3v) is 8.02. The van der Waals surface area contributed by atoms with Gasteiger partial charge in [-0.15, -0.1) is 0 Å². The van der Waals surface area contributed by atoms with Crippen LogP contribution in [0.4, 0.5) is 30.2 Å². The summed E-state index contributed by atoms with van der Waals surface area (Å²) in [6.07, 6.45) is -3.17. The van der Waals surface area contributed by atoms with E-state index in [-0.39, 0.29) is 23.8 Å². The maximum atomic E-state index is 13.4. The Hall–Kier alpha value is -2.47. The summed E-state index contributed by atoms with van der Waals surface area (Å²) >= 11 is 11.4. The molecule has 1 N–H and O–H groups in total. The Kier molecular flexibility index (Phi) is 9.12. The van der Waals surface area contributed by atoms with Gasteiger partial charge < -0.3 is 10.2 Å². The molecular weight excluding hydrogens is 539 g/mol. The topological polar surface area (TPSA) is 64.9 Å². The third-order valence-electron chi connectivity index (χ3n) is 7.34. The van der Waals surface area contributed by atoms with Crippen LogP contribution >= 0.6 is 23.8 Å². The van der Waals surface area contributed by atoms with Crippen molar-refractivity contribution in [2.75, 3.05) is 49.5 Å². The number of nitro benzene ring substituents is 1. The summed E-state index contributed by atoms with van der Waals surface area (Å²) < 4.78 is 40.1. The number of anilines is 2. The van der Waals surface area contributed by atoms with E-state index < -0.39 is 22.4 Å². The molecule has 2 heterocycles. The number of thiocarbonyl (C=S) groups is 1. The van der Waals surface area contributed by atoms with Crippen molar-refractivity contribution in [2.45, 2.75) is 38.1 Å². The van der Waals surface area contributed by atoms with E-state index in [2.05, 4.69) is 26.9 Å². The molecule has 2 fully saturated rings. The van der Waals surface area contributed by atoms with E-state index >= 15 is 0 Å². The first kappa shape index (κ1) is 28.5. The summed E-state index contributed by atoms with van der Waals surface area (Å²) in [6, 6.07) is 10.9. The van der Waals surface area contributed by atoms with Crippen LogP contribution in [0, 0.1) is 16.0 Å². The van der Waals surface area contributed by atoms with Gasteiger partial charge in [-0.1, -0.05) is 30.7 Å². The minimum atomic E-state index is -4.80. The number of hydrogen-bond donors (Lipinski definition) is 1. The molecule has 12 heteroatoms. The Morgan fingerprint density at radius 2 is 1.66 bits per heavy atom. The molecule has 2 aliphatic rings. The molecule has 2 atom stereocenters. The second-order valence-electron chi connectivity index (χ2n) is 9.85. The number of hydrogen-bond acceptors (Lipinski definition) is 7. The van der Waals surface area contributed by atoms with Crippen molar-refractivity contribution in [2.24, 2.45) is 5.92 Å². The number of likely N-dealkylation sites (tertiary alicyclic amines) is 1. The Morgan fingerprint density at radius 3 is 2.21 bits per heavy atom. The molecule has 4 rings (SSSR count). The van der Waals surface area contributed by atoms with Crippen molar-refractivity contribution in [3.63, 3.8) is 0 Å². The lowest BCUT2D eigenvalue weighted by atomic mass is 9.99. The second kappa shape index (κ2) is 12.1. The number of halogens is 4. The number of rotatable bonds is 8. The first-order valence-electron chi connectivity index (χ1n) is 12.6. The molecule has 0 bridgehead atoms. The van der Waals surface area contributed by atoms with Gasteiger partial charge in [-0.3, -0.25) is 19.9 Å². The van der Waals surface area contributed by atoms with Gasteiger partial charge in [0, 0.05) is 73.7 Å². The van der Waals surface area contributed by atoms with Crippen LogP contribution in [0.25, 0.3) is 0 Å². The zero-order valence-corrected chi connectivity index (χ0v) is 22.6. The van der Waals surface area contributed by atoms with Crippen molar-refractivity contribution < 1.29 is 18.1 Å². The highest BCUT2D eigenvalue weighted by Gasteiger charge is 2.39. The van der Waals surface area contributed by atoms with Crippen molar-refractivity contribution in [3.8, 4) is 0 Å². The van der Waals surface area contributed by atoms with Gasteiger partial charge in [0.1, 0.15) is 5.56 Å². The lowest BCUT2D eigenvalue weighted by Crippen LogP contribution is -2.60. The van der Waals surface area contributed by atoms with E-state index in [4.69, 9.17) is 23.8 Å². The van der Waals surface area contributed by atoms with Crippen molar-refractivity contribution >= 4 is 46.2 Å². The molecule has 7 nitrogen and oxygen atoms in total. The SMILES string of the molecule is CC(C=S)C(N1CCC(Nc2ccc([N+](=O)[O-])c(C(F)(F)F)c2)CC1)N1CCN(c2ccc(Cl)cc2)CC1. The number of nitrogens with zero attached hydrogens (tertiary/aromatic N) is 4. The maximum Gasteiger partial charge on any atom is 0.423 e. The minimum absolute atomic E-state index is 0.0287. The summed E-state index contributed by atoms with van der Waals surface area (Å²) in [4.78, 5) is 17.3. The molecule has 0 amide bonds. The van der Waals surface area contributed by atoms with E-state index in [0.29, 0.717) is 0 Å². The monoisotopic (exact) mass is 569 g/mol. The number of alkyl halides is 3. The van der Waals surface area contributed by atoms with E-state index in [1.807, 2.05) is 29.6 Å². The normalized spacial score (nSPS) is 19.7. The number of nitro groups is 1. The van der Waals surface area contributed by atoms with Crippen molar-refractivity contribution in [1.82, 2.24) is 9.80 Å². The van der Waals surface area contributed by atoms with E-state index in [9.17, 15) is 23.3 Å². The molecule has 2 unspecified atom stereocenters. The average Bonchev–Trinajstić information content (AvgIpc) is 2.90. The van der Waals surface area contributed by atoms with Gasteiger partial charge in [-0.05, 0) is 54.6 Å². The van der Waals surface area contributed by atoms with Crippen LogP contribution in [0.3, 0.4) is 0 Å². The van der Waals surface area contributed by atoms with Crippen LogP contribution < -0.4 is 10.2 Å². The Labute approximate surface area is 230 Å². The molecule has 206 valence electrons. The molecule has 2 aliphatic heterocycles. The predicted octanol–water partition coefficient (Wildman–Crippen LogP) is 5.93. The third kappa shape index (κ3) is 6.74. The van der Waals surface area contributed by atoms with Gasteiger partial charge >= 0.3 is 6.18 Å². The molecule has 0 aromatic heterocycles. The lowest BCUT2D eigenvalue weighted by molar-refractivity contribution is -0.388. The predicted molar refractivity (Wildman–Crippen MR) is 148 cm³/mol. The summed E-state index contributed by atoms with van der Waals surface area (Å²) in [5.41, 5.74) is -0.785. The van der Waals surface area contributed by atoms with E-state index in [1.54, 1.807) is 0 Å². The van der Waals surface area contributed by atoms with E-state index in [1.165, 1.54) is 6.07 Å². The van der Waals surface area contributed by atoms with Gasteiger partial charge in [0.25, 0.3) is 5.69 Å². The molecule has 0 saturated carbocycles. The first-order chi connectivity index (χ1) is 18.1. The zero-order chi connectivity index (χ0) is 27.4. The van der Waals surface area contributed by atoms with E-state index in [0.717, 1.165) is 75.0 Å². The molecule has 0 aliphatic carbocycles. The summed E-state index contributed by atoms with van der Waals surface area (Å²) in [6.45, 7) is 7.23. The molecule has 2 aromatic carbocycles. The van der Waals surface area contributed by atoms with Crippen LogP contribution in [0.2, 0.25) is 5.02 Å². The molecule has 0 radical (unpaired) electrons. The smallest absolute Gasteiger partial charge is 0.382 e. The number of benzene rings is 2. The standard InChI is InChI=1S/C26H31ClF3N5O2S/c1-18(17-38)25(34-14-12-32(13-15-34)22-5-2-19(27)3-6-22)33-10-8-20(9-11-33)31-21-4-7-24(35(36)37)23(16-21)26(28,29)30/h2-7,16-18,20,25,31H,8-15H2,1H3. The van der Waals surface area contributed by atoms with Crippen LogP contribution in [0.1, 0.15) is 25.3 Å². The fourth-order valence-electron chi connectivity index (χ4n) is 5.42. The van der Waals surface area contributed by atoms with Crippen molar-refractivity contribution in [1.29, 1.82) is 0 Å². The number of piperidine rings is 1.